The number of amides is 2. The summed E-state index contributed by atoms with van der Waals surface area (Å²) in [4.78, 5) is 29.2. The Morgan fingerprint density at radius 3 is 2.52 bits per heavy atom. The highest BCUT2D eigenvalue weighted by Crippen LogP contribution is 2.24. The number of ether oxygens (including phenoxy) is 1. The van der Waals surface area contributed by atoms with Crippen LogP contribution in [-0.4, -0.2) is 34.7 Å². The molecular weight excluding hydrogens is 390 g/mol. The van der Waals surface area contributed by atoms with Gasteiger partial charge in [-0.1, -0.05) is 13.8 Å². The monoisotopic (exact) mass is 421 g/mol. The van der Waals surface area contributed by atoms with Crippen LogP contribution in [-0.2, 0) is 16.0 Å². The maximum absolute atomic E-state index is 12.7. The van der Waals surface area contributed by atoms with Gasteiger partial charge in [0, 0.05) is 17.5 Å². The third-order valence-electron chi connectivity index (χ3n) is 4.69. The lowest BCUT2D eigenvalue weighted by Crippen LogP contribution is -2.57. The lowest BCUT2D eigenvalue weighted by atomic mass is 9.88. The molecule has 0 aliphatic rings. The molecule has 7 nitrogen and oxygen atoms in total. The van der Waals surface area contributed by atoms with E-state index in [1.165, 1.54) is 0 Å². The lowest BCUT2D eigenvalue weighted by Gasteiger charge is -2.35. The number of hydrogen-bond donors (Lipinski definition) is 2. The predicted octanol–water partition coefficient (Wildman–Crippen LogP) is 4.31. The second-order valence-corrected chi connectivity index (χ2v) is 9.47. The van der Waals surface area contributed by atoms with Crippen LogP contribution >= 0.6 is 11.3 Å². The number of nitrogens with one attached hydrogen (secondary N) is 2. The number of carbonyl (C=O) groups is 2. The molecule has 0 bridgehead atoms. The maximum atomic E-state index is 12.7. The molecule has 0 radical (unpaired) electrons. The summed E-state index contributed by atoms with van der Waals surface area (Å²) in [6.07, 6.45) is -0.403. The van der Waals surface area contributed by atoms with Crippen LogP contribution in [0.5, 0.6) is 0 Å². The van der Waals surface area contributed by atoms with Crippen LogP contribution in [0.15, 0.2) is 21.2 Å². The number of nitrogens with zero attached hydrogens (tertiary/aromatic N) is 1. The molecule has 2 rings (SSSR count). The normalized spacial score (nSPS) is 13.8. The van der Waals surface area contributed by atoms with E-state index in [0.29, 0.717) is 17.3 Å². The zero-order chi connectivity index (χ0) is 21.8. The summed E-state index contributed by atoms with van der Waals surface area (Å²) in [5.74, 6) is 1.05. The highest BCUT2D eigenvalue weighted by molar-refractivity contribution is 7.08. The number of hydrogen-bond acceptors (Lipinski definition) is 6. The number of carbonyl (C=O) groups excluding carboxylic acids is 2. The number of aromatic nitrogens is 1. The number of aryl methyl sites for hydroxylation is 1. The first-order valence-electron chi connectivity index (χ1n) is 9.66. The zero-order valence-corrected chi connectivity index (χ0v) is 19.0. The van der Waals surface area contributed by atoms with Crippen LogP contribution < -0.4 is 10.6 Å². The molecule has 0 aliphatic heterocycles. The van der Waals surface area contributed by atoms with Gasteiger partial charge >= 0.3 is 6.09 Å². The fraction of sp³-hybridized carbons (Fsp3) is 0.571. The van der Waals surface area contributed by atoms with Gasteiger partial charge in [0.2, 0.25) is 11.8 Å². The molecule has 8 heteroatoms. The summed E-state index contributed by atoms with van der Waals surface area (Å²) in [5.41, 5.74) is 0.293. The van der Waals surface area contributed by atoms with Gasteiger partial charge < -0.3 is 19.8 Å². The quantitative estimate of drug-likeness (QED) is 0.695. The van der Waals surface area contributed by atoms with Gasteiger partial charge in [0.15, 0.2) is 0 Å². The summed E-state index contributed by atoms with van der Waals surface area (Å²) >= 11 is 1.56. The van der Waals surface area contributed by atoms with Gasteiger partial charge in [-0.05, 0) is 52.0 Å². The number of thiophene rings is 1. The standard InChI is InChI=1S/C21H31N3O4S/c1-13(2)21(7,12-22-19(26)28-20(4,5)6)24-17(25)10-16-14(3)27-18(23-16)15-8-9-29-11-15/h8-9,11,13H,10,12H2,1-7H3,(H,22,26)(H,24,25). The molecule has 1 unspecified atom stereocenters. The molecule has 2 N–H and O–H groups in total. The summed E-state index contributed by atoms with van der Waals surface area (Å²) < 4.78 is 11.0. The van der Waals surface area contributed by atoms with Crippen molar-refractivity contribution in [1.29, 1.82) is 0 Å². The van der Waals surface area contributed by atoms with E-state index in [0.717, 1.165) is 5.56 Å². The Morgan fingerprint density at radius 1 is 1.28 bits per heavy atom. The largest absolute Gasteiger partial charge is 0.444 e. The third-order valence-corrected chi connectivity index (χ3v) is 5.37. The topological polar surface area (TPSA) is 93.5 Å². The van der Waals surface area contributed by atoms with Crippen molar-refractivity contribution in [2.45, 2.75) is 66.0 Å². The van der Waals surface area contributed by atoms with Crippen LogP contribution in [0.3, 0.4) is 0 Å². The van der Waals surface area contributed by atoms with E-state index in [1.54, 1.807) is 39.0 Å². The molecule has 1 atom stereocenters. The molecule has 0 saturated carbocycles. The maximum Gasteiger partial charge on any atom is 0.407 e. The van der Waals surface area contributed by atoms with Crippen LogP contribution in [0.1, 0.15) is 53.0 Å². The van der Waals surface area contributed by atoms with Gasteiger partial charge in [-0.15, -0.1) is 0 Å². The van der Waals surface area contributed by atoms with Crippen molar-refractivity contribution in [2.24, 2.45) is 5.92 Å². The smallest absolute Gasteiger partial charge is 0.407 e. The summed E-state index contributed by atoms with van der Waals surface area (Å²) in [7, 11) is 0. The summed E-state index contributed by atoms with van der Waals surface area (Å²) in [5, 5.41) is 9.70. The molecule has 0 saturated heterocycles. The average Bonchev–Trinajstić information content (AvgIpc) is 3.21. The Hall–Kier alpha value is -2.35. The van der Waals surface area contributed by atoms with E-state index in [1.807, 2.05) is 37.6 Å². The fourth-order valence-corrected chi connectivity index (χ4v) is 3.21. The van der Waals surface area contributed by atoms with Crippen LogP contribution in [0, 0.1) is 12.8 Å². The van der Waals surface area contributed by atoms with E-state index in [9.17, 15) is 9.59 Å². The van der Waals surface area contributed by atoms with Gasteiger partial charge in [-0.2, -0.15) is 11.3 Å². The minimum absolute atomic E-state index is 0.0844. The van der Waals surface area contributed by atoms with Crippen molar-refractivity contribution in [3.05, 3.63) is 28.3 Å². The van der Waals surface area contributed by atoms with Gasteiger partial charge in [0.1, 0.15) is 11.4 Å². The molecule has 2 amide bonds. The van der Waals surface area contributed by atoms with Crippen molar-refractivity contribution in [1.82, 2.24) is 15.6 Å². The van der Waals surface area contributed by atoms with Crippen molar-refractivity contribution in [3.8, 4) is 11.5 Å². The van der Waals surface area contributed by atoms with E-state index in [4.69, 9.17) is 9.15 Å². The first-order valence-corrected chi connectivity index (χ1v) is 10.6. The highest BCUT2D eigenvalue weighted by Gasteiger charge is 2.32. The van der Waals surface area contributed by atoms with Crippen LogP contribution in [0.25, 0.3) is 11.5 Å². The van der Waals surface area contributed by atoms with Crippen LogP contribution in [0.4, 0.5) is 4.79 Å². The van der Waals surface area contributed by atoms with Crippen LogP contribution in [0.2, 0.25) is 0 Å². The lowest BCUT2D eigenvalue weighted by molar-refractivity contribution is -0.122. The molecule has 2 heterocycles. The molecule has 160 valence electrons. The van der Waals surface area contributed by atoms with Crippen molar-refractivity contribution < 1.29 is 18.7 Å². The minimum Gasteiger partial charge on any atom is -0.444 e. The first-order chi connectivity index (χ1) is 13.4. The third kappa shape index (κ3) is 6.59. The predicted molar refractivity (Wildman–Crippen MR) is 114 cm³/mol. The summed E-state index contributed by atoms with van der Waals surface area (Å²) in [6, 6.07) is 1.93. The first kappa shape index (κ1) is 22.9. The average molecular weight is 422 g/mol. The fourth-order valence-electron chi connectivity index (χ4n) is 2.58. The van der Waals surface area contributed by atoms with Gasteiger partial charge in [-0.3, -0.25) is 4.79 Å². The molecule has 2 aromatic heterocycles. The molecule has 0 aliphatic carbocycles. The number of rotatable bonds is 7. The van der Waals surface area contributed by atoms with Crippen molar-refractivity contribution >= 4 is 23.3 Å². The van der Waals surface area contributed by atoms with Crippen molar-refractivity contribution in [3.63, 3.8) is 0 Å². The zero-order valence-electron chi connectivity index (χ0n) is 18.2. The second-order valence-electron chi connectivity index (χ2n) is 8.69. The second kappa shape index (κ2) is 8.98. The molecule has 2 aromatic rings. The Bertz CT molecular complexity index is 837. The van der Waals surface area contributed by atoms with Crippen molar-refractivity contribution in [2.75, 3.05) is 6.54 Å². The van der Waals surface area contributed by atoms with E-state index in [-0.39, 0.29) is 24.8 Å². The van der Waals surface area contributed by atoms with E-state index < -0.39 is 17.2 Å². The van der Waals surface area contributed by atoms with Gasteiger partial charge in [-0.25, -0.2) is 9.78 Å². The molecule has 0 aromatic carbocycles. The molecule has 29 heavy (non-hydrogen) atoms. The Labute approximate surface area is 176 Å². The van der Waals surface area contributed by atoms with E-state index in [2.05, 4.69) is 15.6 Å². The van der Waals surface area contributed by atoms with Gasteiger partial charge in [0.05, 0.1) is 17.7 Å². The minimum atomic E-state index is -0.637. The SMILES string of the molecule is Cc1oc(-c2ccsc2)nc1CC(=O)NC(C)(CNC(=O)OC(C)(C)C)C(C)C. The number of oxazole rings is 1. The highest BCUT2D eigenvalue weighted by atomic mass is 32.1. The molecule has 0 fully saturated rings. The summed E-state index contributed by atoms with van der Waals surface area (Å²) in [6.45, 7) is 13.4. The van der Waals surface area contributed by atoms with E-state index >= 15 is 0 Å². The van der Waals surface area contributed by atoms with Gasteiger partial charge in [0.25, 0.3) is 0 Å². The Morgan fingerprint density at radius 2 is 1.97 bits per heavy atom. The number of alkyl carbamates (subject to hydrolysis) is 1. The Kier molecular flexibility index (Phi) is 7.11. The molecular formula is C21H31N3O4S. The Balaban J connectivity index is 2.01. The molecule has 0 spiro atoms.